The zero-order chi connectivity index (χ0) is 12.1. The van der Waals surface area contributed by atoms with Crippen LogP contribution < -0.4 is 10.1 Å². The van der Waals surface area contributed by atoms with Crippen LogP contribution >= 0.6 is 0 Å². The van der Waals surface area contributed by atoms with Gasteiger partial charge in [-0.3, -0.25) is 9.42 Å². The summed E-state index contributed by atoms with van der Waals surface area (Å²) in [5.74, 6) is 0.741. The molecule has 1 aliphatic heterocycles. The molecule has 1 unspecified atom stereocenters. The molecule has 6 heteroatoms. The topological polar surface area (TPSA) is 63.4 Å². The summed E-state index contributed by atoms with van der Waals surface area (Å²) in [6, 6.07) is 0.245. The summed E-state index contributed by atoms with van der Waals surface area (Å²) in [7, 11) is 1.54. The molecule has 96 valence electrons. The predicted octanol–water partition coefficient (Wildman–Crippen LogP) is 0.825. The molecule has 0 bridgehead atoms. The minimum Gasteiger partial charge on any atom is -0.452 e. The largest absolute Gasteiger partial charge is 0.452 e. The van der Waals surface area contributed by atoms with Gasteiger partial charge in [-0.2, -0.15) is 4.98 Å². The molecule has 1 aliphatic rings. The number of rotatable bonds is 5. The van der Waals surface area contributed by atoms with Crippen LogP contribution in [0.1, 0.15) is 31.6 Å². The minimum atomic E-state index is 0.245. The van der Waals surface area contributed by atoms with E-state index >= 15 is 0 Å². The lowest BCUT2D eigenvalue weighted by Gasteiger charge is -2.32. The number of nitrogens with zero attached hydrogens (tertiary/aromatic N) is 3. The summed E-state index contributed by atoms with van der Waals surface area (Å²) in [5, 5.41) is 7.36. The van der Waals surface area contributed by atoms with Gasteiger partial charge in [-0.15, -0.1) is 0 Å². The third kappa shape index (κ3) is 2.95. The van der Waals surface area contributed by atoms with Gasteiger partial charge in [0.1, 0.15) is 0 Å². The molecular weight excluding hydrogens is 220 g/mol. The molecular formula is C11H20N4O2. The number of hydrogen-bond donors (Lipinski definition) is 1. The molecule has 1 aromatic rings. The van der Waals surface area contributed by atoms with Gasteiger partial charge in [0.2, 0.25) is 0 Å². The van der Waals surface area contributed by atoms with Crippen molar-refractivity contribution in [2.45, 2.75) is 25.8 Å². The summed E-state index contributed by atoms with van der Waals surface area (Å²) in [4.78, 5) is 6.67. The van der Waals surface area contributed by atoms with E-state index < -0.39 is 0 Å². The van der Waals surface area contributed by atoms with E-state index in [2.05, 4.69) is 27.3 Å². The molecule has 17 heavy (non-hydrogen) atoms. The van der Waals surface area contributed by atoms with Crippen molar-refractivity contribution < 1.29 is 9.26 Å². The number of nitrogens with one attached hydrogen (secondary N) is 1. The quantitative estimate of drug-likeness (QED) is 0.822. The minimum absolute atomic E-state index is 0.245. The van der Waals surface area contributed by atoms with Crippen molar-refractivity contribution in [1.29, 1.82) is 0 Å². The lowest BCUT2D eigenvalue weighted by atomic mass is 10.1. The molecule has 0 aromatic carbocycles. The van der Waals surface area contributed by atoms with Gasteiger partial charge in [0.25, 0.3) is 0 Å². The normalized spacial score (nSPS) is 19.2. The van der Waals surface area contributed by atoms with Crippen molar-refractivity contribution in [3.05, 3.63) is 5.82 Å². The average molecular weight is 240 g/mol. The van der Waals surface area contributed by atoms with Crippen LogP contribution in [0.2, 0.25) is 0 Å². The fourth-order valence-electron chi connectivity index (χ4n) is 2.18. The second-order valence-electron chi connectivity index (χ2n) is 4.21. The van der Waals surface area contributed by atoms with Gasteiger partial charge in [-0.25, -0.2) is 0 Å². The van der Waals surface area contributed by atoms with E-state index in [1.165, 1.54) is 7.11 Å². The molecule has 1 atom stereocenters. The van der Waals surface area contributed by atoms with E-state index in [0.717, 1.165) is 44.8 Å². The van der Waals surface area contributed by atoms with Gasteiger partial charge in [0.05, 0.1) is 13.2 Å². The Bertz CT molecular complexity index is 336. The SMILES string of the molecule is CCCC(c1noc(OC)n1)N1CCNCC1. The lowest BCUT2D eigenvalue weighted by molar-refractivity contribution is 0.155. The van der Waals surface area contributed by atoms with Crippen LogP contribution in [0, 0.1) is 0 Å². The van der Waals surface area contributed by atoms with Crippen molar-refractivity contribution in [2.24, 2.45) is 0 Å². The second kappa shape index (κ2) is 5.97. The Hall–Kier alpha value is -1.14. The Morgan fingerprint density at radius 3 is 2.82 bits per heavy atom. The van der Waals surface area contributed by atoms with Gasteiger partial charge in [-0.05, 0) is 6.42 Å². The van der Waals surface area contributed by atoms with E-state index in [4.69, 9.17) is 9.26 Å². The highest BCUT2D eigenvalue weighted by Gasteiger charge is 2.25. The van der Waals surface area contributed by atoms with E-state index in [-0.39, 0.29) is 12.1 Å². The van der Waals surface area contributed by atoms with Crippen LogP contribution in [-0.4, -0.2) is 48.3 Å². The van der Waals surface area contributed by atoms with Crippen LogP contribution in [0.4, 0.5) is 0 Å². The standard InChI is InChI=1S/C11H20N4O2/c1-3-4-9(15-7-5-12-6-8-15)10-13-11(16-2)17-14-10/h9,12H,3-8H2,1-2H3. The molecule has 0 radical (unpaired) electrons. The molecule has 0 aliphatic carbocycles. The fraction of sp³-hybridized carbons (Fsp3) is 0.818. The molecule has 1 N–H and O–H groups in total. The first kappa shape index (κ1) is 12.3. The summed E-state index contributed by atoms with van der Waals surface area (Å²) in [6.07, 6.45) is 2.39. The number of hydrogen-bond acceptors (Lipinski definition) is 6. The Labute approximate surface area is 101 Å². The lowest BCUT2D eigenvalue weighted by Crippen LogP contribution is -2.45. The number of aromatic nitrogens is 2. The molecule has 1 saturated heterocycles. The molecule has 0 amide bonds. The highest BCUT2D eigenvalue weighted by atomic mass is 16.6. The van der Waals surface area contributed by atoms with Crippen molar-refractivity contribution in [3.63, 3.8) is 0 Å². The summed E-state index contributed by atoms with van der Waals surface area (Å²) in [6.45, 7) is 6.28. The van der Waals surface area contributed by atoms with Crippen LogP contribution in [0.15, 0.2) is 4.52 Å². The van der Waals surface area contributed by atoms with Crippen molar-refractivity contribution in [3.8, 4) is 6.08 Å². The van der Waals surface area contributed by atoms with Gasteiger partial charge in [0, 0.05) is 26.2 Å². The molecule has 6 nitrogen and oxygen atoms in total. The van der Waals surface area contributed by atoms with Crippen molar-refractivity contribution in [2.75, 3.05) is 33.3 Å². The van der Waals surface area contributed by atoms with E-state index in [0.29, 0.717) is 0 Å². The Morgan fingerprint density at radius 2 is 2.24 bits per heavy atom. The molecule has 1 fully saturated rings. The molecule has 2 rings (SSSR count). The number of ether oxygens (including phenoxy) is 1. The molecule has 0 spiro atoms. The number of piperazine rings is 1. The smallest absolute Gasteiger partial charge is 0.417 e. The maximum atomic E-state index is 5.01. The van der Waals surface area contributed by atoms with Gasteiger partial charge in [0.15, 0.2) is 5.82 Å². The third-order valence-electron chi connectivity index (χ3n) is 3.05. The van der Waals surface area contributed by atoms with Crippen LogP contribution in [0.25, 0.3) is 0 Å². The Balaban J connectivity index is 2.09. The number of methoxy groups -OCH3 is 1. The van der Waals surface area contributed by atoms with Crippen LogP contribution in [-0.2, 0) is 0 Å². The van der Waals surface area contributed by atoms with E-state index in [9.17, 15) is 0 Å². The third-order valence-corrected chi connectivity index (χ3v) is 3.05. The van der Waals surface area contributed by atoms with Gasteiger partial charge in [-0.1, -0.05) is 18.5 Å². The molecule has 0 saturated carbocycles. The fourth-order valence-corrected chi connectivity index (χ4v) is 2.18. The van der Waals surface area contributed by atoms with E-state index in [1.807, 2.05) is 0 Å². The highest BCUT2D eigenvalue weighted by Crippen LogP contribution is 2.24. The first-order valence-electron chi connectivity index (χ1n) is 6.17. The first-order valence-corrected chi connectivity index (χ1v) is 6.17. The zero-order valence-corrected chi connectivity index (χ0v) is 10.5. The zero-order valence-electron chi connectivity index (χ0n) is 10.5. The predicted molar refractivity (Wildman–Crippen MR) is 62.9 cm³/mol. The average Bonchev–Trinajstić information content (AvgIpc) is 2.85. The summed E-state index contributed by atoms with van der Waals surface area (Å²) >= 11 is 0. The van der Waals surface area contributed by atoms with Crippen molar-refractivity contribution in [1.82, 2.24) is 20.4 Å². The maximum Gasteiger partial charge on any atom is 0.417 e. The van der Waals surface area contributed by atoms with Gasteiger partial charge >= 0.3 is 6.08 Å². The first-order chi connectivity index (χ1) is 8.35. The Morgan fingerprint density at radius 1 is 1.47 bits per heavy atom. The van der Waals surface area contributed by atoms with Crippen LogP contribution in [0.5, 0.6) is 6.08 Å². The monoisotopic (exact) mass is 240 g/mol. The van der Waals surface area contributed by atoms with Gasteiger partial charge < -0.3 is 10.1 Å². The van der Waals surface area contributed by atoms with Crippen molar-refractivity contribution >= 4 is 0 Å². The van der Waals surface area contributed by atoms with Crippen LogP contribution in [0.3, 0.4) is 0 Å². The summed E-state index contributed by atoms with van der Waals surface area (Å²) < 4.78 is 9.95. The summed E-state index contributed by atoms with van der Waals surface area (Å²) in [5.41, 5.74) is 0. The Kier molecular flexibility index (Phi) is 4.33. The van der Waals surface area contributed by atoms with E-state index in [1.54, 1.807) is 0 Å². The molecule has 1 aromatic heterocycles. The molecule has 2 heterocycles. The highest BCUT2D eigenvalue weighted by molar-refractivity contribution is 4.98. The second-order valence-corrected chi connectivity index (χ2v) is 4.21. The maximum absolute atomic E-state index is 5.01.